The third kappa shape index (κ3) is 2.97. The Labute approximate surface area is 99.1 Å². The predicted molar refractivity (Wildman–Crippen MR) is 53.2 cm³/mol. The van der Waals surface area contributed by atoms with Gasteiger partial charge in [0.2, 0.25) is 0 Å². The molecule has 0 aliphatic carbocycles. The van der Waals surface area contributed by atoms with Crippen molar-refractivity contribution in [2.45, 2.75) is 6.18 Å². The molecule has 0 aliphatic rings. The number of carbonyl (C=O) groups is 2. The van der Waals surface area contributed by atoms with Crippen LogP contribution in [0.1, 0.15) is 20.7 Å². The molecule has 0 saturated carbocycles. The number of benzene rings is 1. The smallest absolute Gasteiger partial charge is 0.454 e. The summed E-state index contributed by atoms with van der Waals surface area (Å²) in [6.07, 6.45) is -4.98. The van der Waals surface area contributed by atoms with Gasteiger partial charge in [-0.05, 0) is 12.1 Å². The van der Waals surface area contributed by atoms with Gasteiger partial charge in [0.1, 0.15) is 0 Å². The fourth-order valence-electron chi connectivity index (χ4n) is 1.10. The summed E-state index contributed by atoms with van der Waals surface area (Å²) in [4.78, 5) is 22.0. The van der Waals surface area contributed by atoms with Gasteiger partial charge in [0.15, 0.2) is 0 Å². The van der Waals surface area contributed by atoms with Crippen molar-refractivity contribution in [2.75, 3.05) is 7.11 Å². The average molecular weight is 267 g/mol. The molecule has 0 spiro atoms. The Bertz CT molecular complexity index is 468. The summed E-state index contributed by atoms with van der Waals surface area (Å²) >= 11 is 5.58. The van der Waals surface area contributed by atoms with E-state index in [1.165, 1.54) is 0 Å². The van der Waals surface area contributed by atoms with Gasteiger partial charge in [-0.3, -0.25) is 4.79 Å². The van der Waals surface area contributed by atoms with Crippen molar-refractivity contribution in [1.82, 2.24) is 0 Å². The second-order valence-electron chi connectivity index (χ2n) is 3.01. The Kier molecular flexibility index (Phi) is 3.77. The number of carbonyl (C=O) groups excluding carboxylic acids is 2. The average Bonchev–Trinajstić information content (AvgIpc) is 2.25. The topological polar surface area (TPSA) is 43.4 Å². The highest BCUT2D eigenvalue weighted by molar-refractivity contribution is 6.34. The van der Waals surface area contributed by atoms with Crippen LogP contribution in [-0.4, -0.2) is 25.0 Å². The minimum atomic E-state index is -4.98. The molecule has 0 fully saturated rings. The fraction of sp³-hybridized carbons (Fsp3) is 0.200. The van der Waals surface area contributed by atoms with Crippen molar-refractivity contribution in [3.05, 3.63) is 34.3 Å². The summed E-state index contributed by atoms with van der Waals surface area (Å²) < 4.78 is 40.7. The summed E-state index contributed by atoms with van der Waals surface area (Å²) in [7, 11) is 1.10. The third-order valence-corrected chi connectivity index (χ3v) is 2.21. The normalized spacial score (nSPS) is 11.1. The summed E-state index contributed by atoms with van der Waals surface area (Å²) in [5.74, 6) is -2.81. The first-order valence-corrected chi connectivity index (χ1v) is 4.64. The SMILES string of the molecule is COC(=O)c1ccc(C(=O)C(F)(F)F)cc1Cl. The van der Waals surface area contributed by atoms with Gasteiger partial charge in [-0.15, -0.1) is 0 Å². The van der Waals surface area contributed by atoms with Crippen LogP contribution in [0.25, 0.3) is 0 Å². The molecule has 1 aromatic rings. The lowest BCUT2D eigenvalue weighted by Gasteiger charge is -2.07. The van der Waals surface area contributed by atoms with E-state index in [2.05, 4.69) is 4.74 Å². The molecule has 1 rings (SSSR count). The quantitative estimate of drug-likeness (QED) is 0.611. The molecular formula is C10H6ClF3O3. The van der Waals surface area contributed by atoms with Crippen molar-refractivity contribution < 1.29 is 27.5 Å². The van der Waals surface area contributed by atoms with Crippen LogP contribution in [0.2, 0.25) is 5.02 Å². The van der Waals surface area contributed by atoms with Gasteiger partial charge >= 0.3 is 12.1 Å². The highest BCUT2D eigenvalue weighted by Gasteiger charge is 2.39. The van der Waals surface area contributed by atoms with Crippen molar-refractivity contribution in [2.24, 2.45) is 0 Å². The molecule has 3 nitrogen and oxygen atoms in total. The number of halogens is 4. The first-order chi connectivity index (χ1) is 7.77. The van der Waals surface area contributed by atoms with Crippen LogP contribution in [-0.2, 0) is 4.74 Å². The van der Waals surface area contributed by atoms with Crippen molar-refractivity contribution in [3.63, 3.8) is 0 Å². The Morgan fingerprint density at radius 1 is 1.29 bits per heavy atom. The lowest BCUT2D eigenvalue weighted by Crippen LogP contribution is -2.22. The van der Waals surface area contributed by atoms with E-state index in [9.17, 15) is 22.8 Å². The van der Waals surface area contributed by atoms with Crippen LogP contribution in [0.15, 0.2) is 18.2 Å². The molecule has 0 aliphatic heterocycles. The molecular weight excluding hydrogens is 261 g/mol. The molecule has 0 amide bonds. The summed E-state index contributed by atoms with van der Waals surface area (Å²) in [6.45, 7) is 0. The molecule has 0 heterocycles. The first kappa shape index (κ1) is 13.5. The van der Waals surface area contributed by atoms with E-state index >= 15 is 0 Å². The molecule has 0 atom stereocenters. The summed E-state index contributed by atoms with van der Waals surface area (Å²) in [5.41, 5.74) is -0.733. The summed E-state index contributed by atoms with van der Waals surface area (Å²) in [5, 5.41) is -0.271. The zero-order valence-electron chi connectivity index (χ0n) is 8.47. The van der Waals surface area contributed by atoms with Gasteiger partial charge in [0, 0.05) is 5.56 Å². The van der Waals surface area contributed by atoms with Gasteiger partial charge in [0.25, 0.3) is 5.78 Å². The number of Topliss-reactive ketones (excluding diaryl/α,β-unsaturated/α-hetero) is 1. The predicted octanol–water partition coefficient (Wildman–Crippen LogP) is 2.87. The highest BCUT2D eigenvalue weighted by atomic mass is 35.5. The first-order valence-electron chi connectivity index (χ1n) is 4.26. The highest BCUT2D eigenvalue weighted by Crippen LogP contribution is 2.25. The van der Waals surface area contributed by atoms with Gasteiger partial charge in [-0.1, -0.05) is 17.7 Å². The Balaban J connectivity index is 3.14. The zero-order chi connectivity index (χ0) is 13.2. The lowest BCUT2D eigenvalue weighted by atomic mass is 10.1. The largest absolute Gasteiger partial charge is 0.465 e. The Morgan fingerprint density at radius 2 is 1.88 bits per heavy atom. The van der Waals surface area contributed by atoms with Crippen molar-refractivity contribution in [3.8, 4) is 0 Å². The third-order valence-electron chi connectivity index (χ3n) is 1.89. The van der Waals surface area contributed by atoms with E-state index in [0.29, 0.717) is 0 Å². The second kappa shape index (κ2) is 4.75. The maximum atomic E-state index is 12.1. The number of esters is 1. The number of methoxy groups -OCH3 is 1. The molecule has 0 aromatic heterocycles. The van der Waals surface area contributed by atoms with Crippen LogP contribution in [0.5, 0.6) is 0 Å². The molecule has 0 saturated heterocycles. The number of ether oxygens (including phenoxy) is 1. The number of hydrogen-bond acceptors (Lipinski definition) is 3. The van der Waals surface area contributed by atoms with Gasteiger partial charge in [-0.2, -0.15) is 13.2 Å². The van der Waals surface area contributed by atoms with Crippen LogP contribution < -0.4 is 0 Å². The van der Waals surface area contributed by atoms with Crippen LogP contribution in [0.4, 0.5) is 13.2 Å². The van der Waals surface area contributed by atoms with E-state index in [0.717, 1.165) is 25.3 Å². The molecule has 1 aromatic carbocycles. The maximum Gasteiger partial charge on any atom is 0.454 e. The van der Waals surface area contributed by atoms with E-state index in [-0.39, 0.29) is 10.6 Å². The number of hydrogen-bond donors (Lipinski definition) is 0. The van der Waals surface area contributed by atoms with Gasteiger partial charge in [-0.25, -0.2) is 4.79 Å². The number of alkyl halides is 3. The molecule has 7 heteroatoms. The van der Waals surface area contributed by atoms with Crippen molar-refractivity contribution >= 4 is 23.4 Å². The van der Waals surface area contributed by atoms with E-state index in [1.807, 2.05) is 0 Å². The minimum absolute atomic E-state index is 0.104. The van der Waals surface area contributed by atoms with E-state index < -0.39 is 23.5 Å². The second-order valence-corrected chi connectivity index (χ2v) is 3.42. The Morgan fingerprint density at radius 3 is 2.29 bits per heavy atom. The number of ketones is 1. The molecule has 0 bridgehead atoms. The van der Waals surface area contributed by atoms with Gasteiger partial charge < -0.3 is 4.74 Å². The number of rotatable bonds is 2. The van der Waals surface area contributed by atoms with Crippen LogP contribution in [0, 0.1) is 0 Å². The minimum Gasteiger partial charge on any atom is -0.465 e. The van der Waals surface area contributed by atoms with E-state index in [4.69, 9.17) is 11.6 Å². The standard InChI is InChI=1S/C10H6ClF3O3/c1-17-9(16)6-3-2-5(4-7(6)11)8(15)10(12,13)14/h2-4H,1H3. The molecule has 17 heavy (non-hydrogen) atoms. The Hall–Kier alpha value is -1.56. The summed E-state index contributed by atoms with van der Waals surface area (Å²) in [6, 6.07) is 2.66. The molecule has 92 valence electrons. The lowest BCUT2D eigenvalue weighted by molar-refractivity contribution is -0.0885. The van der Waals surface area contributed by atoms with E-state index in [1.54, 1.807) is 0 Å². The van der Waals surface area contributed by atoms with Crippen LogP contribution >= 0.6 is 11.6 Å². The maximum absolute atomic E-state index is 12.1. The fourth-order valence-corrected chi connectivity index (χ4v) is 1.35. The monoisotopic (exact) mass is 266 g/mol. The van der Waals surface area contributed by atoms with Gasteiger partial charge in [0.05, 0.1) is 17.7 Å². The zero-order valence-corrected chi connectivity index (χ0v) is 9.22. The van der Waals surface area contributed by atoms with Crippen LogP contribution in [0.3, 0.4) is 0 Å². The molecule has 0 N–H and O–H groups in total. The van der Waals surface area contributed by atoms with Crippen molar-refractivity contribution in [1.29, 1.82) is 0 Å². The molecule has 0 unspecified atom stereocenters. The molecule has 0 radical (unpaired) electrons.